The normalized spacial score (nSPS) is 11.5. The van der Waals surface area contributed by atoms with Crippen molar-refractivity contribution in [2.45, 2.75) is 19.4 Å². The van der Waals surface area contributed by atoms with Crippen molar-refractivity contribution in [2.24, 2.45) is 0 Å². The van der Waals surface area contributed by atoms with E-state index in [1.54, 1.807) is 36.2 Å². The predicted octanol–water partition coefficient (Wildman–Crippen LogP) is 3.44. The Kier molecular flexibility index (Phi) is 7.48. The minimum absolute atomic E-state index is 0.0627. The molecule has 2 aromatic rings. The molecule has 0 bridgehead atoms. The number of amides is 2. The lowest BCUT2D eigenvalue weighted by Gasteiger charge is -2.22. The average Bonchev–Trinajstić information content (AvgIpc) is 2.63. The topological polar surface area (TPSA) is 58.6 Å². The maximum absolute atomic E-state index is 12.5. The third-order valence-corrected chi connectivity index (χ3v) is 4.14. The minimum Gasteiger partial charge on any atom is -0.492 e. The molecule has 2 amide bonds. The molecule has 0 aliphatic rings. The molecule has 2 rings (SSSR count). The van der Waals surface area contributed by atoms with Gasteiger partial charge in [-0.1, -0.05) is 41.9 Å². The Labute approximate surface area is 158 Å². The van der Waals surface area contributed by atoms with Crippen LogP contribution in [0.5, 0.6) is 5.75 Å². The van der Waals surface area contributed by atoms with Gasteiger partial charge in [0.05, 0.1) is 19.0 Å². The monoisotopic (exact) mass is 374 g/mol. The van der Waals surface area contributed by atoms with Crippen LogP contribution in [0, 0.1) is 0 Å². The SMILES string of the molecule is CC(=O)NC(CC(=O)N(C)CCOc1ccc(Cl)cc1)c1ccccc1. The van der Waals surface area contributed by atoms with Crippen LogP contribution in [0.3, 0.4) is 0 Å². The fourth-order valence-corrected chi connectivity index (χ4v) is 2.60. The van der Waals surface area contributed by atoms with Crippen LogP contribution >= 0.6 is 11.6 Å². The molecule has 0 heterocycles. The Balaban J connectivity index is 1.87. The lowest BCUT2D eigenvalue weighted by molar-refractivity contribution is -0.131. The Morgan fingerprint density at radius 2 is 1.77 bits per heavy atom. The lowest BCUT2D eigenvalue weighted by Crippen LogP contribution is -2.35. The van der Waals surface area contributed by atoms with Crippen molar-refractivity contribution in [3.05, 3.63) is 65.2 Å². The van der Waals surface area contributed by atoms with Crippen LogP contribution in [0.1, 0.15) is 24.9 Å². The zero-order valence-electron chi connectivity index (χ0n) is 14.9. The van der Waals surface area contributed by atoms with Crippen LogP contribution in [0.15, 0.2) is 54.6 Å². The lowest BCUT2D eigenvalue weighted by atomic mass is 10.0. The van der Waals surface area contributed by atoms with E-state index in [1.807, 2.05) is 30.3 Å². The summed E-state index contributed by atoms with van der Waals surface area (Å²) in [5, 5.41) is 3.49. The van der Waals surface area contributed by atoms with Crippen molar-refractivity contribution in [1.82, 2.24) is 10.2 Å². The van der Waals surface area contributed by atoms with E-state index >= 15 is 0 Å². The van der Waals surface area contributed by atoms with E-state index in [4.69, 9.17) is 16.3 Å². The van der Waals surface area contributed by atoms with Gasteiger partial charge in [0, 0.05) is 19.0 Å². The summed E-state index contributed by atoms with van der Waals surface area (Å²) in [4.78, 5) is 25.6. The molecule has 0 saturated heterocycles. The first-order valence-electron chi connectivity index (χ1n) is 8.40. The van der Waals surface area contributed by atoms with E-state index in [9.17, 15) is 9.59 Å². The number of halogens is 1. The Morgan fingerprint density at radius 3 is 2.38 bits per heavy atom. The van der Waals surface area contributed by atoms with Gasteiger partial charge in [0.15, 0.2) is 0 Å². The van der Waals surface area contributed by atoms with Crippen molar-refractivity contribution < 1.29 is 14.3 Å². The molecule has 2 aromatic carbocycles. The van der Waals surface area contributed by atoms with Crippen LogP contribution < -0.4 is 10.1 Å². The molecule has 1 atom stereocenters. The summed E-state index contributed by atoms with van der Waals surface area (Å²) in [7, 11) is 1.73. The summed E-state index contributed by atoms with van der Waals surface area (Å²) < 4.78 is 5.61. The number of rotatable bonds is 8. The van der Waals surface area contributed by atoms with Gasteiger partial charge in [0.1, 0.15) is 12.4 Å². The predicted molar refractivity (Wildman–Crippen MR) is 102 cm³/mol. The summed E-state index contributed by atoms with van der Waals surface area (Å²) in [5.41, 5.74) is 0.905. The van der Waals surface area contributed by atoms with Crippen molar-refractivity contribution in [3.63, 3.8) is 0 Å². The van der Waals surface area contributed by atoms with Gasteiger partial charge in [0.25, 0.3) is 0 Å². The Bertz CT molecular complexity index is 720. The Hall–Kier alpha value is -2.53. The largest absolute Gasteiger partial charge is 0.492 e. The Morgan fingerprint density at radius 1 is 1.12 bits per heavy atom. The molecule has 0 fully saturated rings. The third kappa shape index (κ3) is 6.41. The van der Waals surface area contributed by atoms with Crippen molar-refractivity contribution in [1.29, 1.82) is 0 Å². The van der Waals surface area contributed by atoms with Gasteiger partial charge in [0.2, 0.25) is 11.8 Å². The van der Waals surface area contributed by atoms with Gasteiger partial charge in [-0.15, -0.1) is 0 Å². The van der Waals surface area contributed by atoms with Crippen LogP contribution in [0.25, 0.3) is 0 Å². The highest BCUT2D eigenvalue weighted by atomic mass is 35.5. The fraction of sp³-hybridized carbons (Fsp3) is 0.300. The molecule has 6 heteroatoms. The van der Waals surface area contributed by atoms with Gasteiger partial charge in [-0.2, -0.15) is 0 Å². The van der Waals surface area contributed by atoms with Gasteiger partial charge < -0.3 is 15.0 Å². The van der Waals surface area contributed by atoms with E-state index in [2.05, 4.69) is 5.32 Å². The maximum atomic E-state index is 12.5. The number of hydrogen-bond donors (Lipinski definition) is 1. The zero-order valence-corrected chi connectivity index (χ0v) is 15.7. The number of carbonyl (C=O) groups is 2. The van der Waals surface area contributed by atoms with Crippen molar-refractivity contribution in [3.8, 4) is 5.75 Å². The van der Waals surface area contributed by atoms with E-state index in [1.165, 1.54) is 6.92 Å². The molecule has 1 unspecified atom stereocenters. The van der Waals surface area contributed by atoms with Gasteiger partial charge in [-0.25, -0.2) is 0 Å². The molecule has 138 valence electrons. The number of likely N-dealkylation sites (N-methyl/N-ethyl adjacent to an activating group) is 1. The number of carbonyl (C=O) groups excluding carboxylic acids is 2. The van der Waals surface area contributed by atoms with Crippen LogP contribution in [0.2, 0.25) is 5.02 Å². The van der Waals surface area contributed by atoms with E-state index in [0.717, 1.165) is 5.56 Å². The van der Waals surface area contributed by atoms with Crippen LogP contribution in [-0.2, 0) is 9.59 Å². The standard InChI is InChI=1S/C20H23ClN2O3/c1-15(24)22-19(16-6-4-3-5-7-16)14-20(25)23(2)12-13-26-18-10-8-17(21)9-11-18/h3-11,19H,12-14H2,1-2H3,(H,22,24). The summed E-state index contributed by atoms with van der Waals surface area (Å²) in [5.74, 6) is 0.475. The molecule has 0 aliphatic carbocycles. The second-order valence-electron chi connectivity index (χ2n) is 5.99. The molecule has 26 heavy (non-hydrogen) atoms. The number of nitrogens with zero attached hydrogens (tertiary/aromatic N) is 1. The summed E-state index contributed by atoms with van der Waals surface area (Å²) >= 11 is 5.83. The maximum Gasteiger partial charge on any atom is 0.224 e. The highest BCUT2D eigenvalue weighted by Crippen LogP contribution is 2.18. The molecule has 0 aliphatic heterocycles. The van der Waals surface area contributed by atoms with E-state index < -0.39 is 0 Å². The highest BCUT2D eigenvalue weighted by molar-refractivity contribution is 6.30. The van der Waals surface area contributed by atoms with Gasteiger partial charge in [-0.3, -0.25) is 9.59 Å². The van der Waals surface area contributed by atoms with Gasteiger partial charge >= 0.3 is 0 Å². The number of ether oxygens (including phenoxy) is 1. The van der Waals surface area contributed by atoms with Crippen molar-refractivity contribution >= 4 is 23.4 Å². The molecule has 5 nitrogen and oxygen atoms in total. The smallest absolute Gasteiger partial charge is 0.224 e. The highest BCUT2D eigenvalue weighted by Gasteiger charge is 2.19. The summed E-state index contributed by atoms with van der Waals surface area (Å²) in [6.45, 7) is 2.27. The van der Waals surface area contributed by atoms with E-state index in [0.29, 0.717) is 23.9 Å². The molecule has 0 saturated carbocycles. The molecule has 0 aromatic heterocycles. The summed E-state index contributed by atoms with van der Waals surface area (Å²) in [6, 6.07) is 16.2. The summed E-state index contributed by atoms with van der Waals surface area (Å²) in [6.07, 6.45) is 0.195. The first-order valence-corrected chi connectivity index (χ1v) is 8.78. The molecular weight excluding hydrogens is 352 g/mol. The van der Waals surface area contributed by atoms with Crippen LogP contribution in [0.4, 0.5) is 0 Å². The number of hydrogen-bond acceptors (Lipinski definition) is 3. The minimum atomic E-state index is -0.346. The molecule has 0 radical (unpaired) electrons. The van der Waals surface area contributed by atoms with Gasteiger partial charge in [-0.05, 0) is 29.8 Å². The second-order valence-corrected chi connectivity index (χ2v) is 6.42. The molecule has 0 spiro atoms. The van der Waals surface area contributed by atoms with E-state index in [-0.39, 0.29) is 24.3 Å². The molecular formula is C20H23ClN2O3. The first kappa shape index (κ1) is 19.8. The van der Waals surface area contributed by atoms with Crippen molar-refractivity contribution in [2.75, 3.05) is 20.2 Å². The fourth-order valence-electron chi connectivity index (χ4n) is 2.47. The average molecular weight is 375 g/mol. The molecule has 1 N–H and O–H groups in total. The first-order chi connectivity index (χ1) is 12.5. The zero-order chi connectivity index (χ0) is 18.9. The number of nitrogens with one attached hydrogen (secondary N) is 1. The quantitative estimate of drug-likeness (QED) is 0.770. The van der Waals surface area contributed by atoms with Crippen LogP contribution in [-0.4, -0.2) is 36.9 Å². The number of benzene rings is 2. The second kappa shape index (κ2) is 9.82. The third-order valence-electron chi connectivity index (χ3n) is 3.89.